The molecule has 0 spiro atoms. The second-order valence-corrected chi connectivity index (χ2v) is 3.31. The molecule has 0 radical (unpaired) electrons. The number of aromatic nitrogens is 2. The molecular formula is C6H4Cl2N2OS. The summed E-state index contributed by atoms with van der Waals surface area (Å²) < 4.78 is 0. The molecule has 1 rings (SSSR count). The number of hydrogen-bond donors (Lipinski definition) is 0. The van der Waals surface area contributed by atoms with Crippen LogP contribution in [-0.4, -0.2) is 21.5 Å². The molecule has 0 amide bonds. The largest absolute Gasteiger partial charge is 0.275 e. The van der Waals surface area contributed by atoms with Crippen molar-refractivity contribution in [3.05, 3.63) is 16.9 Å². The van der Waals surface area contributed by atoms with Crippen molar-refractivity contribution in [3.8, 4) is 0 Å². The van der Waals surface area contributed by atoms with Crippen LogP contribution < -0.4 is 0 Å². The Bertz CT molecular complexity index is 318. The molecular weight excluding hydrogens is 219 g/mol. The van der Waals surface area contributed by atoms with E-state index in [1.54, 1.807) is 0 Å². The standard InChI is InChI=1S/C6H4Cl2N2OS/c1-12-6-9-2-3(5(8)11)4(7)10-6/h2H,1H3. The SMILES string of the molecule is CSc1ncc(C(=O)Cl)c(Cl)n1. The van der Waals surface area contributed by atoms with Gasteiger partial charge >= 0.3 is 0 Å². The highest BCUT2D eigenvalue weighted by atomic mass is 35.5. The normalized spacial score (nSPS) is 9.92. The highest BCUT2D eigenvalue weighted by molar-refractivity contribution is 7.98. The molecule has 0 saturated carbocycles. The first-order valence-electron chi connectivity index (χ1n) is 2.91. The summed E-state index contributed by atoms with van der Waals surface area (Å²) in [7, 11) is 0. The quantitative estimate of drug-likeness (QED) is 0.333. The third-order valence-electron chi connectivity index (χ3n) is 1.11. The fourth-order valence-corrected chi connectivity index (χ4v) is 1.37. The zero-order valence-corrected chi connectivity index (χ0v) is 8.37. The van der Waals surface area contributed by atoms with Crippen molar-refractivity contribution in [1.82, 2.24) is 9.97 Å². The van der Waals surface area contributed by atoms with Gasteiger partial charge in [-0.15, -0.1) is 0 Å². The molecule has 6 heteroatoms. The van der Waals surface area contributed by atoms with Gasteiger partial charge in [-0.25, -0.2) is 9.97 Å². The van der Waals surface area contributed by atoms with Gasteiger partial charge in [0.15, 0.2) is 5.16 Å². The first kappa shape index (κ1) is 9.77. The Morgan fingerprint density at radius 3 is 2.75 bits per heavy atom. The van der Waals surface area contributed by atoms with Crippen LogP contribution in [0.25, 0.3) is 0 Å². The van der Waals surface area contributed by atoms with E-state index in [9.17, 15) is 4.79 Å². The van der Waals surface area contributed by atoms with E-state index < -0.39 is 5.24 Å². The fourth-order valence-electron chi connectivity index (χ4n) is 0.576. The van der Waals surface area contributed by atoms with E-state index >= 15 is 0 Å². The van der Waals surface area contributed by atoms with Crippen LogP contribution >= 0.6 is 35.0 Å². The average Bonchev–Trinajstić information content (AvgIpc) is 2.03. The summed E-state index contributed by atoms with van der Waals surface area (Å²) in [5, 5.41) is -0.0383. The van der Waals surface area contributed by atoms with E-state index in [0.29, 0.717) is 5.16 Å². The number of carbonyl (C=O) groups excluding carboxylic acids is 1. The zero-order valence-electron chi connectivity index (χ0n) is 6.04. The second kappa shape index (κ2) is 4.07. The van der Waals surface area contributed by atoms with Crippen molar-refractivity contribution in [3.63, 3.8) is 0 Å². The van der Waals surface area contributed by atoms with Crippen molar-refractivity contribution >= 4 is 40.2 Å². The van der Waals surface area contributed by atoms with Crippen molar-refractivity contribution in [2.45, 2.75) is 5.16 Å². The third kappa shape index (κ3) is 2.09. The molecule has 3 nitrogen and oxygen atoms in total. The van der Waals surface area contributed by atoms with Crippen molar-refractivity contribution < 1.29 is 4.79 Å². The Morgan fingerprint density at radius 2 is 2.33 bits per heavy atom. The summed E-state index contributed by atoms with van der Waals surface area (Å²) >= 11 is 12.2. The van der Waals surface area contributed by atoms with E-state index in [0.717, 1.165) is 0 Å². The Balaban J connectivity index is 3.12. The molecule has 0 unspecified atom stereocenters. The average molecular weight is 223 g/mol. The molecule has 0 aliphatic heterocycles. The van der Waals surface area contributed by atoms with Crippen LogP contribution in [0, 0.1) is 0 Å². The first-order valence-corrected chi connectivity index (χ1v) is 4.89. The van der Waals surface area contributed by atoms with Crippen LogP contribution in [0.4, 0.5) is 0 Å². The topological polar surface area (TPSA) is 42.9 Å². The Labute approximate surface area is 83.5 Å². The van der Waals surface area contributed by atoms with Crippen LogP contribution in [0.1, 0.15) is 10.4 Å². The molecule has 0 bridgehead atoms. The van der Waals surface area contributed by atoms with Gasteiger partial charge in [0.05, 0.1) is 5.56 Å². The summed E-state index contributed by atoms with van der Waals surface area (Å²) in [5.74, 6) is 0. The van der Waals surface area contributed by atoms with Crippen LogP contribution in [0.2, 0.25) is 5.15 Å². The lowest BCUT2D eigenvalue weighted by atomic mass is 10.4. The molecule has 64 valence electrons. The van der Waals surface area contributed by atoms with Gasteiger partial charge in [-0.3, -0.25) is 4.79 Å². The molecule has 1 aromatic heterocycles. The molecule has 0 aliphatic rings. The van der Waals surface area contributed by atoms with Gasteiger partial charge in [0.2, 0.25) is 0 Å². The fraction of sp³-hybridized carbons (Fsp3) is 0.167. The van der Waals surface area contributed by atoms with Crippen molar-refractivity contribution in [1.29, 1.82) is 0 Å². The van der Waals surface area contributed by atoms with E-state index in [2.05, 4.69) is 9.97 Å². The lowest BCUT2D eigenvalue weighted by molar-refractivity contribution is 0.108. The molecule has 1 aromatic rings. The minimum atomic E-state index is -0.646. The van der Waals surface area contributed by atoms with Crippen LogP contribution in [0.15, 0.2) is 11.4 Å². The zero-order chi connectivity index (χ0) is 9.14. The molecule has 0 N–H and O–H groups in total. The molecule has 0 saturated heterocycles. The molecule has 0 aliphatic carbocycles. The maximum atomic E-state index is 10.7. The lowest BCUT2D eigenvalue weighted by Gasteiger charge is -1.98. The Kier molecular flexibility index (Phi) is 3.31. The maximum absolute atomic E-state index is 10.7. The summed E-state index contributed by atoms with van der Waals surface area (Å²) in [6, 6.07) is 0. The summed E-state index contributed by atoms with van der Waals surface area (Å²) in [6.07, 6.45) is 3.13. The molecule has 1 heterocycles. The Morgan fingerprint density at radius 1 is 1.67 bits per heavy atom. The minimum absolute atomic E-state index is 0.0920. The van der Waals surface area contributed by atoms with E-state index in [1.165, 1.54) is 18.0 Å². The van der Waals surface area contributed by atoms with Gasteiger partial charge < -0.3 is 0 Å². The van der Waals surface area contributed by atoms with Crippen LogP contribution in [0.3, 0.4) is 0 Å². The van der Waals surface area contributed by atoms with Crippen molar-refractivity contribution in [2.24, 2.45) is 0 Å². The van der Waals surface area contributed by atoms with Gasteiger partial charge in [0.25, 0.3) is 5.24 Å². The van der Waals surface area contributed by atoms with E-state index in [4.69, 9.17) is 23.2 Å². The number of hydrogen-bond acceptors (Lipinski definition) is 4. The number of carbonyl (C=O) groups is 1. The van der Waals surface area contributed by atoms with Gasteiger partial charge in [-0.1, -0.05) is 23.4 Å². The molecule has 12 heavy (non-hydrogen) atoms. The van der Waals surface area contributed by atoms with Gasteiger partial charge in [0.1, 0.15) is 5.15 Å². The number of nitrogens with zero attached hydrogens (tertiary/aromatic N) is 2. The molecule has 0 fully saturated rings. The predicted molar refractivity (Wildman–Crippen MR) is 49.0 cm³/mol. The predicted octanol–water partition coefficient (Wildman–Crippen LogP) is 2.23. The summed E-state index contributed by atoms with van der Waals surface area (Å²) in [6.45, 7) is 0. The van der Waals surface area contributed by atoms with Gasteiger partial charge in [0, 0.05) is 6.20 Å². The summed E-state index contributed by atoms with van der Waals surface area (Å²) in [4.78, 5) is 18.3. The maximum Gasteiger partial charge on any atom is 0.257 e. The lowest BCUT2D eigenvalue weighted by Crippen LogP contribution is -1.96. The van der Waals surface area contributed by atoms with E-state index in [-0.39, 0.29) is 10.7 Å². The Hall–Kier alpha value is -0.320. The summed E-state index contributed by atoms with van der Waals surface area (Å²) in [5.41, 5.74) is 0.135. The second-order valence-electron chi connectivity index (χ2n) is 1.83. The van der Waals surface area contributed by atoms with E-state index in [1.807, 2.05) is 6.26 Å². The number of halogens is 2. The highest BCUT2D eigenvalue weighted by Crippen LogP contribution is 2.17. The first-order chi connectivity index (χ1) is 5.65. The smallest absolute Gasteiger partial charge is 0.257 e. The van der Waals surface area contributed by atoms with Gasteiger partial charge in [-0.05, 0) is 17.9 Å². The highest BCUT2D eigenvalue weighted by Gasteiger charge is 2.09. The number of thioether (sulfide) groups is 1. The van der Waals surface area contributed by atoms with Crippen molar-refractivity contribution in [2.75, 3.05) is 6.26 Å². The minimum Gasteiger partial charge on any atom is -0.275 e. The number of rotatable bonds is 2. The molecule has 0 aromatic carbocycles. The van der Waals surface area contributed by atoms with Gasteiger partial charge in [-0.2, -0.15) is 0 Å². The third-order valence-corrected chi connectivity index (χ3v) is 2.17. The van der Waals surface area contributed by atoms with Crippen LogP contribution in [-0.2, 0) is 0 Å². The monoisotopic (exact) mass is 222 g/mol. The van der Waals surface area contributed by atoms with Crippen LogP contribution in [0.5, 0.6) is 0 Å². The molecule has 0 atom stereocenters.